The molecule has 0 radical (unpaired) electrons. The number of hydrogen-bond donors (Lipinski definition) is 1. The van der Waals surface area contributed by atoms with Gasteiger partial charge in [-0.25, -0.2) is 4.98 Å². The molecule has 1 unspecified atom stereocenters. The van der Waals surface area contributed by atoms with Crippen molar-refractivity contribution in [3.8, 4) is 0 Å². The summed E-state index contributed by atoms with van der Waals surface area (Å²) in [7, 11) is 0. The molecule has 0 fully saturated rings. The van der Waals surface area contributed by atoms with E-state index in [1.54, 1.807) is 29.9 Å². The van der Waals surface area contributed by atoms with Crippen LogP contribution in [-0.4, -0.2) is 9.97 Å². The lowest BCUT2D eigenvalue weighted by Crippen LogP contribution is -2.11. The molecule has 2 aromatic heterocycles. The number of rotatable bonds is 2. The van der Waals surface area contributed by atoms with Gasteiger partial charge in [-0.2, -0.15) is 0 Å². The van der Waals surface area contributed by atoms with E-state index < -0.39 is 0 Å². The van der Waals surface area contributed by atoms with E-state index in [0.29, 0.717) is 0 Å². The van der Waals surface area contributed by atoms with E-state index in [9.17, 15) is 0 Å². The fourth-order valence-electron chi connectivity index (χ4n) is 1.10. The third-order valence-electron chi connectivity index (χ3n) is 1.78. The first-order valence-electron chi connectivity index (χ1n) is 3.93. The van der Waals surface area contributed by atoms with E-state index in [1.807, 2.05) is 17.5 Å². The van der Waals surface area contributed by atoms with Crippen LogP contribution in [0.15, 0.2) is 36.1 Å². The summed E-state index contributed by atoms with van der Waals surface area (Å²) in [5.41, 5.74) is 7.03. The molecule has 0 spiro atoms. The van der Waals surface area contributed by atoms with Gasteiger partial charge in [0.2, 0.25) is 0 Å². The van der Waals surface area contributed by atoms with Crippen LogP contribution in [0.25, 0.3) is 0 Å². The summed E-state index contributed by atoms with van der Waals surface area (Å²) < 4.78 is 0. The van der Waals surface area contributed by atoms with Gasteiger partial charge in [0.25, 0.3) is 0 Å². The molecule has 2 N–H and O–H groups in total. The fraction of sp³-hybridized carbons (Fsp3) is 0.111. The molecule has 0 aliphatic carbocycles. The molecule has 66 valence electrons. The van der Waals surface area contributed by atoms with E-state index in [1.165, 1.54) is 0 Å². The standard InChI is InChI=1S/C9H9N3S/c10-8(9-12-5-6-13-9)7-1-3-11-4-2-7/h1-6,8H,10H2. The second kappa shape index (κ2) is 3.64. The predicted octanol–water partition coefficient (Wildman–Crippen LogP) is 1.59. The van der Waals surface area contributed by atoms with Crippen molar-refractivity contribution in [2.45, 2.75) is 6.04 Å². The Bertz CT molecular complexity index is 358. The Labute approximate surface area is 80.3 Å². The minimum absolute atomic E-state index is 0.122. The van der Waals surface area contributed by atoms with Crippen LogP contribution in [-0.2, 0) is 0 Å². The Balaban J connectivity index is 2.29. The van der Waals surface area contributed by atoms with Gasteiger partial charge >= 0.3 is 0 Å². The van der Waals surface area contributed by atoms with Gasteiger partial charge in [-0.05, 0) is 17.7 Å². The molecule has 13 heavy (non-hydrogen) atoms. The molecule has 2 rings (SSSR count). The van der Waals surface area contributed by atoms with Crippen LogP contribution < -0.4 is 5.73 Å². The van der Waals surface area contributed by atoms with Gasteiger partial charge in [0, 0.05) is 24.0 Å². The highest BCUT2D eigenvalue weighted by atomic mass is 32.1. The molecule has 1 atom stereocenters. The molecule has 2 aromatic rings. The first kappa shape index (κ1) is 8.34. The van der Waals surface area contributed by atoms with Crippen molar-refractivity contribution in [1.29, 1.82) is 0 Å². The van der Waals surface area contributed by atoms with Crippen LogP contribution in [0.3, 0.4) is 0 Å². The second-order valence-electron chi connectivity index (χ2n) is 2.63. The van der Waals surface area contributed by atoms with Crippen molar-refractivity contribution in [1.82, 2.24) is 9.97 Å². The lowest BCUT2D eigenvalue weighted by Gasteiger charge is -2.07. The van der Waals surface area contributed by atoms with Crippen LogP contribution >= 0.6 is 11.3 Å². The van der Waals surface area contributed by atoms with E-state index in [0.717, 1.165) is 10.6 Å². The lowest BCUT2D eigenvalue weighted by molar-refractivity contribution is 0.854. The highest BCUT2D eigenvalue weighted by molar-refractivity contribution is 7.09. The van der Waals surface area contributed by atoms with E-state index in [2.05, 4.69) is 9.97 Å². The number of aromatic nitrogens is 2. The van der Waals surface area contributed by atoms with Crippen LogP contribution in [0.2, 0.25) is 0 Å². The molecule has 0 bridgehead atoms. The Kier molecular flexibility index (Phi) is 2.33. The molecule has 0 aliphatic heterocycles. The number of thiazole rings is 1. The Morgan fingerprint density at radius 1 is 1.23 bits per heavy atom. The first-order chi connectivity index (χ1) is 6.38. The van der Waals surface area contributed by atoms with E-state index >= 15 is 0 Å². The molecule has 0 amide bonds. The molecule has 2 heterocycles. The Morgan fingerprint density at radius 2 is 2.00 bits per heavy atom. The van der Waals surface area contributed by atoms with Gasteiger partial charge < -0.3 is 5.73 Å². The van der Waals surface area contributed by atoms with E-state index in [-0.39, 0.29) is 6.04 Å². The maximum absolute atomic E-state index is 5.98. The SMILES string of the molecule is NC(c1ccncc1)c1nccs1. The topological polar surface area (TPSA) is 51.8 Å². The lowest BCUT2D eigenvalue weighted by atomic mass is 10.1. The van der Waals surface area contributed by atoms with Crippen LogP contribution in [0, 0.1) is 0 Å². The fourth-order valence-corrected chi connectivity index (χ4v) is 1.77. The monoisotopic (exact) mass is 191 g/mol. The maximum Gasteiger partial charge on any atom is 0.114 e. The molecule has 0 saturated heterocycles. The van der Waals surface area contributed by atoms with Crippen molar-refractivity contribution in [3.05, 3.63) is 46.7 Å². The maximum atomic E-state index is 5.98. The van der Waals surface area contributed by atoms with Crippen molar-refractivity contribution in [2.75, 3.05) is 0 Å². The molecule has 0 aromatic carbocycles. The molecule has 3 nitrogen and oxygen atoms in total. The highest BCUT2D eigenvalue weighted by Crippen LogP contribution is 2.19. The minimum Gasteiger partial charge on any atom is -0.318 e. The molecule has 0 aliphatic rings. The summed E-state index contributed by atoms with van der Waals surface area (Å²) in [5.74, 6) is 0. The Hall–Kier alpha value is -1.26. The summed E-state index contributed by atoms with van der Waals surface area (Å²) in [6, 6.07) is 3.70. The third-order valence-corrected chi connectivity index (χ3v) is 2.64. The third kappa shape index (κ3) is 1.74. The average molecular weight is 191 g/mol. The summed E-state index contributed by atoms with van der Waals surface area (Å²) in [6.07, 6.45) is 5.24. The number of nitrogens with two attached hydrogens (primary N) is 1. The van der Waals surface area contributed by atoms with Gasteiger partial charge in [0.15, 0.2) is 0 Å². The number of pyridine rings is 1. The minimum atomic E-state index is -0.122. The van der Waals surface area contributed by atoms with Crippen molar-refractivity contribution in [2.24, 2.45) is 5.73 Å². The summed E-state index contributed by atoms with van der Waals surface area (Å²) >= 11 is 1.57. The van der Waals surface area contributed by atoms with Crippen molar-refractivity contribution < 1.29 is 0 Å². The van der Waals surface area contributed by atoms with Crippen molar-refractivity contribution in [3.63, 3.8) is 0 Å². The second-order valence-corrected chi connectivity index (χ2v) is 3.55. The highest BCUT2D eigenvalue weighted by Gasteiger charge is 2.09. The zero-order chi connectivity index (χ0) is 9.10. The molecule has 0 saturated carbocycles. The summed E-state index contributed by atoms with van der Waals surface area (Å²) in [6.45, 7) is 0. The smallest absolute Gasteiger partial charge is 0.114 e. The number of hydrogen-bond acceptors (Lipinski definition) is 4. The largest absolute Gasteiger partial charge is 0.318 e. The van der Waals surface area contributed by atoms with E-state index in [4.69, 9.17) is 5.73 Å². The van der Waals surface area contributed by atoms with Crippen molar-refractivity contribution >= 4 is 11.3 Å². The van der Waals surface area contributed by atoms with Gasteiger partial charge in [-0.1, -0.05) is 0 Å². The zero-order valence-electron chi connectivity index (χ0n) is 6.92. The van der Waals surface area contributed by atoms with Crippen LogP contribution in [0.1, 0.15) is 16.6 Å². The predicted molar refractivity (Wildman–Crippen MR) is 52.4 cm³/mol. The quantitative estimate of drug-likeness (QED) is 0.784. The van der Waals surface area contributed by atoms with Gasteiger partial charge in [0.1, 0.15) is 5.01 Å². The van der Waals surface area contributed by atoms with Gasteiger partial charge in [-0.15, -0.1) is 11.3 Å². The zero-order valence-corrected chi connectivity index (χ0v) is 7.74. The number of nitrogens with zero attached hydrogens (tertiary/aromatic N) is 2. The molecular weight excluding hydrogens is 182 g/mol. The van der Waals surface area contributed by atoms with Gasteiger partial charge in [-0.3, -0.25) is 4.98 Å². The summed E-state index contributed by atoms with van der Waals surface area (Å²) in [4.78, 5) is 8.10. The average Bonchev–Trinajstić information content (AvgIpc) is 2.71. The van der Waals surface area contributed by atoms with Crippen LogP contribution in [0.5, 0.6) is 0 Å². The normalized spacial score (nSPS) is 12.7. The molecular formula is C9H9N3S. The first-order valence-corrected chi connectivity index (χ1v) is 4.81. The Morgan fingerprint density at radius 3 is 2.62 bits per heavy atom. The van der Waals surface area contributed by atoms with Crippen LogP contribution in [0.4, 0.5) is 0 Å². The molecule has 4 heteroatoms. The van der Waals surface area contributed by atoms with Gasteiger partial charge in [0.05, 0.1) is 6.04 Å². The summed E-state index contributed by atoms with van der Waals surface area (Å²) in [5, 5.41) is 2.86.